The van der Waals surface area contributed by atoms with Crippen molar-refractivity contribution in [3.05, 3.63) is 65.9 Å². The van der Waals surface area contributed by atoms with E-state index in [-0.39, 0.29) is 11.3 Å². The molecule has 5 heteroatoms. The van der Waals surface area contributed by atoms with Gasteiger partial charge in [0.1, 0.15) is 11.6 Å². The number of nitrogens with zero attached hydrogens (tertiary/aromatic N) is 1. The number of rotatable bonds is 2. The standard InChI is InChI=1S/C19H12F2N2O/c1-10(24)12-3-2-4-17-13(12)5-6-18(23-17)15-9-22-19-14(15)7-11(20)8-16(19)21/h2-9,22H,1H3. The second-order valence-corrected chi connectivity index (χ2v) is 5.64. The van der Waals surface area contributed by atoms with Gasteiger partial charge in [-0.25, -0.2) is 13.8 Å². The Balaban J connectivity index is 1.96. The van der Waals surface area contributed by atoms with Crippen LogP contribution in [-0.4, -0.2) is 15.8 Å². The van der Waals surface area contributed by atoms with E-state index in [0.29, 0.717) is 27.7 Å². The summed E-state index contributed by atoms with van der Waals surface area (Å²) in [7, 11) is 0. The highest BCUT2D eigenvalue weighted by atomic mass is 19.1. The quantitative estimate of drug-likeness (QED) is 0.535. The van der Waals surface area contributed by atoms with Gasteiger partial charge in [-0.1, -0.05) is 12.1 Å². The summed E-state index contributed by atoms with van der Waals surface area (Å²) in [6, 6.07) is 11.0. The van der Waals surface area contributed by atoms with Crippen LogP contribution in [0.3, 0.4) is 0 Å². The lowest BCUT2D eigenvalue weighted by molar-refractivity contribution is 0.101. The average molecular weight is 322 g/mol. The van der Waals surface area contributed by atoms with Gasteiger partial charge in [0, 0.05) is 34.2 Å². The fourth-order valence-corrected chi connectivity index (χ4v) is 2.98. The zero-order valence-corrected chi connectivity index (χ0v) is 12.7. The number of fused-ring (bicyclic) bond motifs is 2. The van der Waals surface area contributed by atoms with Crippen LogP contribution in [0.5, 0.6) is 0 Å². The molecule has 0 bridgehead atoms. The lowest BCUT2D eigenvalue weighted by Gasteiger charge is -2.05. The SMILES string of the molecule is CC(=O)c1cccc2nc(-c3c[nH]c4c(F)cc(F)cc34)ccc12. The monoisotopic (exact) mass is 322 g/mol. The van der Waals surface area contributed by atoms with E-state index in [4.69, 9.17) is 0 Å². The highest BCUT2D eigenvalue weighted by molar-refractivity contribution is 6.06. The van der Waals surface area contributed by atoms with Crippen LogP contribution in [0.1, 0.15) is 17.3 Å². The minimum absolute atomic E-state index is 0.0358. The van der Waals surface area contributed by atoms with Crippen molar-refractivity contribution in [2.75, 3.05) is 0 Å². The molecule has 2 heterocycles. The maximum atomic E-state index is 13.8. The maximum Gasteiger partial charge on any atom is 0.160 e. The smallest absolute Gasteiger partial charge is 0.160 e. The van der Waals surface area contributed by atoms with Crippen molar-refractivity contribution in [3.8, 4) is 11.3 Å². The zero-order chi connectivity index (χ0) is 16.8. The normalized spacial score (nSPS) is 11.3. The molecule has 0 unspecified atom stereocenters. The largest absolute Gasteiger partial charge is 0.358 e. The summed E-state index contributed by atoms with van der Waals surface area (Å²) in [4.78, 5) is 19.1. The Morgan fingerprint density at radius 3 is 2.71 bits per heavy atom. The predicted octanol–water partition coefficient (Wildman–Crippen LogP) is 4.86. The molecule has 2 aromatic heterocycles. The van der Waals surface area contributed by atoms with E-state index < -0.39 is 11.6 Å². The third-order valence-corrected chi connectivity index (χ3v) is 4.09. The fraction of sp³-hybridized carbons (Fsp3) is 0.0526. The summed E-state index contributed by atoms with van der Waals surface area (Å²) in [5.74, 6) is -1.32. The van der Waals surface area contributed by atoms with E-state index in [9.17, 15) is 13.6 Å². The molecule has 0 radical (unpaired) electrons. The maximum absolute atomic E-state index is 13.8. The van der Waals surface area contributed by atoms with Gasteiger partial charge in [0.25, 0.3) is 0 Å². The molecule has 0 spiro atoms. The molecule has 0 saturated carbocycles. The molecule has 1 N–H and O–H groups in total. The number of hydrogen-bond acceptors (Lipinski definition) is 2. The van der Waals surface area contributed by atoms with Crippen LogP contribution >= 0.6 is 0 Å². The van der Waals surface area contributed by atoms with Gasteiger partial charge >= 0.3 is 0 Å². The molecule has 0 amide bonds. The van der Waals surface area contributed by atoms with Crippen LogP contribution < -0.4 is 0 Å². The van der Waals surface area contributed by atoms with Gasteiger partial charge in [0.2, 0.25) is 0 Å². The van der Waals surface area contributed by atoms with Crippen LogP contribution in [0.15, 0.2) is 48.7 Å². The van der Waals surface area contributed by atoms with Crippen molar-refractivity contribution in [3.63, 3.8) is 0 Å². The molecule has 2 aromatic carbocycles. The lowest BCUT2D eigenvalue weighted by atomic mass is 10.0. The first-order valence-electron chi connectivity index (χ1n) is 7.42. The second kappa shape index (κ2) is 5.23. The number of Topliss-reactive ketones (excluding diaryl/α,β-unsaturated/α-hetero) is 1. The van der Waals surface area contributed by atoms with Gasteiger partial charge in [-0.2, -0.15) is 0 Å². The van der Waals surface area contributed by atoms with E-state index in [2.05, 4.69) is 9.97 Å². The van der Waals surface area contributed by atoms with Gasteiger partial charge in [-0.15, -0.1) is 0 Å². The van der Waals surface area contributed by atoms with Crippen LogP contribution in [0.2, 0.25) is 0 Å². The average Bonchev–Trinajstić information content (AvgIpc) is 2.97. The molecule has 0 saturated heterocycles. The summed E-state index contributed by atoms with van der Waals surface area (Å²) in [5, 5.41) is 1.19. The molecule has 0 aliphatic rings. The van der Waals surface area contributed by atoms with Gasteiger partial charge < -0.3 is 4.98 Å². The van der Waals surface area contributed by atoms with E-state index >= 15 is 0 Å². The third kappa shape index (κ3) is 2.17. The molecule has 3 nitrogen and oxygen atoms in total. The Morgan fingerprint density at radius 1 is 1.08 bits per heavy atom. The molecule has 24 heavy (non-hydrogen) atoms. The first-order valence-corrected chi connectivity index (χ1v) is 7.42. The second-order valence-electron chi connectivity index (χ2n) is 5.64. The highest BCUT2D eigenvalue weighted by Crippen LogP contribution is 2.31. The van der Waals surface area contributed by atoms with Crippen LogP contribution in [-0.2, 0) is 0 Å². The zero-order valence-electron chi connectivity index (χ0n) is 12.7. The number of aromatic nitrogens is 2. The van der Waals surface area contributed by atoms with Gasteiger partial charge in [0.05, 0.1) is 16.7 Å². The number of halogens is 2. The number of ketones is 1. The molecule has 4 aromatic rings. The molecular formula is C19H12F2N2O. The van der Waals surface area contributed by atoms with E-state index in [1.807, 2.05) is 6.07 Å². The molecule has 118 valence electrons. The first kappa shape index (κ1) is 14.5. The van der Waals surface area contributed by atoms with Crippen molar-refractivity contribution in [2.24, 2.45) is 0 Å². The van der Waals surface area contributed by atoms with Crippen LogP contribution in [0.25, 0.3) is 33.1 Å². The summed E-state index contributed by atoms with van der Waals surface area (Å²) in [5.41, 5.74) is 2.69. The number of aromatic amines is 1. The number of nitrogens with one attached hydrogen (secondary N) is 1. The molecule has 0 aliphatic carbocycles. The third-order valence-electron chi connectivity index (χ3n) is 4.09. The lowest BCUT2D eigenvalue weighted by Crippen LogP contribution is -1.95. The van der Waals surface area contributed by atoms with Gasteiger partial charge in [0.15, 0.2) is 5.78 Å². The Morgan fingerprint density at radius 2 is 1.92 bits per heavy atom. The predicted molar refractivity (Wildman–Crippen MR) is 89.0 cm³/mol. The Labute approximate surface area is 136 Å². The Bertz CT molecular complexity index is 1120. The highest BCUT2D eigenvalue weighted by Gasteiger charge is 2.14. The van der Waals surface area contributed by atoms with Crippen molar-refractivity contribution in [2.45, 2.75) is 6.92 Å². The van der Waals surface area contributed by atoms with Crippen LogP contribution in [0.4, 0.5) is 8.78 Å². The topological polar surface area (TPSA) is 45.8 Å². The number of benzene rings is 2. The minimum Gasteiger partial charge on any atom is -0.358 e. The minimum atomic E-state index is -0.643. The molecule has 0 fully saturated rings. The van der Waals surface area contributed by atoms with E-state index in [0.717, 1.165) is 11.5 Å². The Kier molecular flexibility index (Phi) is 3.16. The van der Waals surface area contributed by atoms with Crippen LogP contribution in [0, 0.1) is 11.6 Å². The van der Waals surface area contributed by atoms with Crippen molar-refractivity contribution in [1.82, 2.24) is 9.97 Å². The van der Waals surface area contributed by atoms with E-state index in [1.165, 1.54) is 13.0 Å². The molecule has 4 rings (SSSR count). The summed E-state index contributed by atoms with van der Waals surface area (Å²) in [6.07, 6.45) is 1.61. The number of H-pyrrole nitrogens is 1. The van der Waals surface area contributed by atoms with Gasteiger partial charge in [-0.05, 0) is 31.2 Å². The summed E-state index contributed by atoms with van der Waals surface area (Å²) >= 11 is 0. The fourth-order valence-electron chi connectivity index (χ4n) is 2.98. The molecule has 0 atom stereocenters. The number of carbonyl (C=O) groups excluding carboxylic acids is 1. The number of carbonyl (C=O) groups is 1. The first-order chi connectivity index (χ1) is 11.5. The molecular weight excluding hydrogens is 310 g/mol. The number of hydrogen-bond donors (Lipinski definition) is 1. The van der Waals surface area contributed by atoms with Crippen molar-refractivity contribution >= 4 is 27.6 Å². The van der Waals surface area contributed by atoms with Crippen molar-refractivity contribution in [1.29, 1.82) is 0 Å². The van der Waals surface area contributed by atoms with E-state index in [1.54, 1.807) is 30.5 Å². The van der Waals surface area contributed by atoms with Crippen molar-refractivity contribution < 1.29 is 13.6 Å². The number of pyridine rings is 1. The van der Waals surface area contributed by atoms with Gasteiger partial charge in [-0.3, -0.25) is 4.79 Å². The molecule has 0 aliphatic heterocycles. The summed E-state index contributed by atoms with van der Waals surface area (Å²) in [6.45, 7) is 1.51. The summed E-state index contributed by atoms with van der Waals surface area (Å²) < 4.78 is 27.4. The Hall–Kier alpha value is -3.08.